The zero-order valence-corrected chi connectivity index (χ0v) is 44.6. The summed E-state index contributed by atoms with van der Waals surface area (Å²) in [6.07, 6.45) is -0.776. The predicted octanol–water partition coefficient (Wildman–Crippen LogP) is 5.28. The summed E-state index contributed by atoms with van der Waals surface area (Å²) in [5.41, 5.74) is -0.259. The third-order valence-electron chi connectivity index (χ3n) is 10.7. The topological polar surface area (TPSA) is 172 Å². The molecule has 3 aromatic rings. The molecule has 0 saturated carbocycles. The molecule has 0 heterocycles. The van der Waals surface area contributed by atoms with Crippen LogP contribution in [0.1, 0.15) is 87.0 Å². The third-order valence-corrected chi connectivity index (χ3v) is 18.6. The number of carbonyl (C=O) groups excluding carboxylic acids is 4. The lowest BCUT2D eigenvalue weighted by Crippen LogP contribution is -2.47. The van der Waals surface area contributed by atoms with Crippen molar-refractivity contribution in [3.63, 3.8) is 0 Å². The van der Waals surface area contributed by atoms with Crippen LogP contribution in [0.3, 0.4) is 0 Å². The Morgan fingerprint density at radius 3 is 1.13 bits per heavy atom. The number of nitrogens with zero attached hydrogens (tertiary/aromatic N) is 2. The number of halogens is 3. The van der Waals surface area contributed by atoms with Gasteiger partial charge in [-0.3, -0.25) is 29.0 Å². The molecular weight excluding hydrogens is 1170 g/mol. The fourth-order valence-corrected chi connectivity index (χ4v) is 11.8. The Morgan fingerprint density at radius 2 is 0.850 bits per heavy atom. The third kappa shape index (κ3) is 12.8. The number of carbonyl (C=O) groups is 4. The van der Waals surface area contributed by atoms with Crippen molar-refractivity contribution in [2.75, 3.05) is 28.4 Å². The normalized spacial score (nSPS) is 16.1. The molecule has 0 aliphatic carbocycles. The van der Waals surface area contributed by atoms with E-state index in [1.807, 2.05) is 57.8 Å². The van der Waals surface area contributed by atoms with Crippen LogP contribution in [0.5, 0.6) is 17.2 Å². The van der Waals surface area contributed by atoms with Crippen LogP contribution in [-0.4, -0.2) is 112 Å². The van der Waals surface area contributed by atoms with Crippen molar-refractivity contribution in [2.24, 2.45) is 0 Å². The van der Waals surface area contributed by atoms with Gasteiger partial charge in [0.05, 0.1) is 41.3 Å². The van der Waals surface area contributed by atoms with Gasteiger partial charge in [0, 0.05) is 46.4 Å². The van der Waals surface area contributed by atoms with Crippen molar-refractivity contribution >= 4 is 145 Å². The van der Waals surface area contributed by atoms with E-state index in [0.29, 0.717) is 22.3 Å². The zero-order chi connectivity index (χ0) is 45.3. The first kappa shape index (κ1) is 52.9. The van der Waals surface area contributed by atoms with E-state index >= 15 is 0 Å². The van der Waals surface area contributed by atoms with Crippen LogP contribution in [-0.2, 0) is 38.1 Å². The molecule has 0 aliphatic rings. The Kier molecular flexibility index (Phi) is 21.2. The fraction of sp³-hybridized carbons (Fsp3) is 0.421. The summed E-state index contributed by atoms with van der Waals surface area (Å²) < 4.78 is 20.6. The molecule has 0 aromatic heterocycles. The Bertz CT molecular complexity index is 1890. The number of hydrogen-bond donors (Lipinski definition) is 3. The number of ether oxygens (including phenoxy) is 4. The maximum atomic E-state index is 13.7. The van der Waals surface area contributed by atoms with Gasteiger partial charge in [0.15, 0.2) is 22.7 Å². The van der Waals surface area contributed by atoms with Crippen molar-refractivity contribution in [3.8, 4) is 17.2 Å². The van der Waals surface area contributed by atoms with Gasteiger partial charge < -0.3 is 34.3 Å². The van der Waals surface area contributed by atoms with Crippen molar-refractivity contribution in [1.29, 1.82) is 0 Å². The van der Waals surface area contributed by atoms with Crippen LogP contribution in [0.4, 0.5) is 0 Å². The molecule has 3 aromatic carbocycles. The van der Waals surface area contributed by atoms with E-state index in [9.17, 15) is 34.5 Å². The fourth-order valence-electron chi connectivity index (χ4n) is 7.38. The largest absolute Gasteiger partial charge is 0.508 e. The van der Waals surface area contributed by atoms with Gasteiger partial charge in [0.1, 0.15) is 29.3 Å². The lowest BCUT2D eigenvalue weighted by Gasteiger charge is -2.42. The number of phenols is 3. The van der Waals surface area contributed by atoms with Crippen LogP contribution >= 0.6 is 82.5 Å². The van der Waals surface area contributed by atoms with Gasteiger partial charge in [-0.1, -0.05) is 94.6 Å². The molecule has 3 N–H and O–H groups in total. The Labute approximate surface area is 397 Å². The Hall–Kier alpha value is -1.47. The van der Waals surface area contributed by atoms with Crippen LogP contribution in [0.25, 0.3) is 0 Å². The van der Waals surface area contributed by atoms with Crippen LogP contribution in [0.15, 0.2) is 48.5 Å². The molecule has 22 heteroatoms. The molecule has 60 heavy (non-hydrogen) atoms. The standard InChI is InChI=1S/C38H51B3I3N2O11P3/c1-19(26-13-23(58(39)42)9-11-32(26)47)45(30(37(52)56-7)17-34(49)54-5)21(3)28-15-25(60(41)44)16-29(36(28)51)22(4)46(31(38(53)57-8)18-35(50)55-6)20(2)27-14-24(59(40)43)10-12-33(27)48/h9-16,19-22,30-31,47-48,51H,17-18,39-41H2,1-8H3. The SMILES string of the molecule is BP(I)c1ccc(O)c(C(C)N(C(CC(=O)OC)C(=O)OC)C(C)c2cc(P(B)I)cc(C(C)N(C(CC(=O)OC)C(=O)OC)C(C)c3cc(P(B)I)ccc3O)c2O)c1. The first-order valence-corrected chi connectivity index (χ1v) is 32.4. The summed E-state index contributed by atoms with van der Waals surface area (Å²) in [6, 6.07) is 8.94. The molecule has 9 unspecified atom stereocenters. The van der Waals surface area contributed by atoms with Crippen LogP contribution < -0.4 is 15.9 Å². The molecule has 0 saturated heterocycles. The molecule has 9 atom stereocenters. The summed E-state index contributed by atoms with van der Waals surface area (Å²) in [7, 11) is 11.1. The summed E-state index contributed by atoms with van der Waals surface area (Å²) in [5, 5.41) is 38.0. The highest BCUT2D eigenvalue weighted by Gasteiger charge is 2.42. The molecule has 0 aliphatic heterocycles. The van der Waals surface area contributed by atoms with Gasteiger partial charge in [-0.05, 0) is 80.0 Å². The molecule has 324 valence electrons. The second-order valence-electron chi connectivity index (χ2n) is 14.1. The average molecular weight is 1220 g/mol. The molecule has 0 radical (unpaired) electrons. The van der Waals surface area contributed by atoms with E-state index in [-0.39, 0.29) is 30.1 Å². The van der Waals surface area contributed by atoms with E-state index < -0.39 is 76.5 Å². The number of phenolic OH excluding ortho intramolecular Hbond substituents is 3. The van der Waals surface area contributed by atoms with E-state index in [4.69, 9.17) is 18.9 Å². The van der Waals surface area contributed by atoms with Gasteiger partial charge >= 0.3 is 23.9 Å². The number of benzene rings is 3. The van der Waals surface area contributed by atoms with Crippen LogP contribution in [0.2, 0.25) is 0 Å². The number of hydrogen-bond acceptors (Lipinski definition) is 13. The minimum Gasteiger partial charge on any atom is -0.508 e. The lowest BCUT2D eigenvalue weighted by atomic mass is 9.91. The van der Waals surface area contributed by atoms with Crippen molar-refractivity contribution in [2.45, 2.75) is 76.8 Å². The molecule has 13 nitrogen and oxygen atoms in total. The maximum absolute atomic E-state index is 13.7. The van der Waals surface area contributed by atoms with Gasteiger partial charge in [-0.25, -0.2) is 0 Å². The average Bonchev–Trinajstić information content (AvgIpc) is 3.21. The predicted molar refractivity (Wildman–Crippen MR) is 274 cm³/mol. The quantitative estimate of drug-likeness (QED) is 0.0467. The highest BCUT2D eigenvalue weighted by molar-refractivity contribution is 14.2. The maximum Gasteiger partial charge on any atom is 0.323 e. The van der Waals surface area contributed by atoms with Crippen molar-refractivity contribution < 1.29 is 53.4 Å². The number of aromatic hydroxyl groups is 3. The summed E-state index contributed by atoms with van der Waals surface area (Å²) in [6.45, 7) is 7.25. The molecule has 0 bridgehead atoms. The Morgan fingerprint density at radius 1 is 0.550 bits per heavy atom. The summed E-state index contributed by atoms with van der Waals surface area (Å²) >= 11 is 7.02. The first-order valence-electron chi connectivity index (χ1n) is 18.7. The highest BCUT2D eigenvalue weighted by atomic mass is 127. The van der Waals surface area contributed by atoms with Crippen molar-refractivity contribution in [1.82, 2.24) is 9.80 Å². The number of rotatable bonds is 19. The molecule has 0 fully saturated rings. The molecule has 3 rings (SSSR count). The minimum absolute atomic E-state index is 0.00961. The van der Waals surface area contributed by atoms with Gasteiger partial charge in [0.25, 0.3) is 0 Å². The molecule has 0 spiro atoms. The molecular formula is C38H51B3I3N2O11P3. The summed E-state index contributed by atoms with van der Waals surface area (Å²) in [4.78, 5) is 56.9. The zero-order valence-electron chi connectivity index (χ0n) is 35.5. The second kappa shape index (κ2) is 24.0. The minimum atomic E-state index is -1.22. The smallest absolute Gasteiger partial charge is 0.323 e. The van der Waals surface area contributed by atoms with E-state index in [1.165, 1.54) is 28.4 Å². The number of esters is 4. The highest BCUT2D eigenvalue weighted by Crippen LogP contribution is 2.48. The van der Waals surface area contributed by atoms with Gasteiger partial charge in [0.2, 0.25) is 0 Å². The first-order chi connectivity index (χ1) is 28.1. The van der Waals surface area contributed by atoms with Crippen LogP contribution in [0, 0.1) is 0 Å². The lowest BCUT2D eigenvalue weighted by molar-refractivity contribution is -0.156. The van der Waals surface area contributed by atoms with E-state index in [1.54, 1.807) is 35.8 Å². The monoisotopic (exact) mass is 1220 g/mol. The van der Waals surface area contributed by atoms with E-state index in [2.05, 4.69) is 81.3 Å². The van der Waals surface area contributed by atoms with Gasteiger partial charge in [-0.2, -0.15) is 0 Å². The van der Waals surface area contributed by atoms with Crippen molar-refractivity contribution in [3.05, 3.63) is 70.8 Å². The Balaban J connectivity index is 2.45. The summed E-state index contributed by atoms with van der Waals surface area (Å²) in [5.74, 6) is -2.94. The molecule has 0 amide bonds. The van der Waals surface area contributed by atoms with Gasteiger partial charge in [-0.15, -0.1) is 0 Å². The second-order valence-corrected chi connectivity index (χ2v) is 31.6. The van der Waals surface area contributed by atoms with E-state index in [0.717, 1.165) is 15.9 Å². The number of methoxy groups -OCH3 is 4.